The number of hydrogen-bond acceptors (Lipinski definition) is 6. The molecule has 1 N–H and O–H groups in total. The van der Waals surface area contributed by atoms with Crippen LogP contribution in [0, 0.1) is 0 Å². The molecule has 90 valence electrons. The van der Waals surface area contributed by atoms with Gasteiger partial charge in [-0.15, -0.1) is 0 Å². The number of hydrogen-bond donors (Lipinski definition) is 1. The van der Waals surface area contributed by atoms with Crippen LogP contribution < -0.4 is 5.32 Å². The molecule has 0 saturated carbocycles. The lowest BCUT2D eigenvalue weighted by Crippen LogP contribution is -2.35. The van der Waals surface area contributed by atoms with Gasteiger partial charge in [0.05, 0.1) is 19.3 Å². The topological polar surface area (TPSA) is 78.0 Å². The van der Waals surface area contributed by atoms with Gasteiger partial charge in [-0.1, -0.05) is 5.16 Å². The molecule has 0 bridgehead atoms. The summed E-state index contributed by atoms with van der Waals surface area (Å²) in [7, 11) is 0. The van der Waals surface area contributed by atoms with Crippen LogP contribution in [0.25, 0.3) is 0 Å². The summed E-state index contributed by atoms with van der Waals surface area (Å²) < 4.78 is 12.3. The van der Waals surface area contributed by atoms with Crippen LogP contribution in [0.2, 0.25) is 0 Å². The molecule has 0 aliphatic carbocycles. The monoisotopic (exact) mass is 235 g/mol. The molecule has 7 nitrogen and oxygen atoms in total. The SMILES string of the molecule is c1cnn(Cc2nc(C3COCCN3)no2)c1. The summed E-state index contributed by atoms with van der Waals surface area (Å²) in [6.45, 7) is 2.62. The molecule has 1 fully saturated rings. The molecule has 0 amide bonds. The lowest BCUT2D eigenvalue weighted by atomic mass is 10.2. The van der Waals surface area contributed by atoms with Crippen LogP contribution in [0.5, 0.6) is 0 Å². The van der Waals surface area contributed by atoms with E-state index in [0.717, 1.165) is 13.2 Å². The molecule has 0 radical (unpaired) electrons. The number of morpholine rings is 1. The molecule has 1 aliphatic rings. The first-order valence-electron chi connectivity index (χ1n) is 5.53. The second-order valence-electron chi connectivity index (χ2n) is 3.83. The third-order valence-electron chi connectivity index (χ3n) is 2.57. The van der Waals surface area contributed by atoms with Gasteiger partial charge in [-0.2, -0.15) is 10.1 Å². The Bertz CT molecular complexity index is 461. The van der Waals surface area contributed by atoms with Crippen molar-refractivity contribution in [2.24, 2.45) is 0 Å². The molecule has 0 spiro atoms. The Morgan fingerprint density at radius 1 is 1.53 bits per heavy atom. The minimum Gasteiger partial charge on any atom is -0.378 e. The lowest BCUT2D eigenvalue weighted by Gasteiger charge is -2.20. The Morgan fingerprint density at radius 3 is 3.29 bits per heavy atom. The highest BCUT2D eigenvalue weighted by molar-refractivity contribution is 4.96. The smallest absolute Gasteiger partial charge is 0.248 e. The van der Waals surface area contributed by atoms with E-state index in [2.05, 4.69) is 20.6 Å². The van der Waals surface area contributed by atoms with Crippen LogP contribution in [-0.4, -0.2) is 39.7 Å². The third kappa shape index (κ3) is 2.34. The van der Waals surface area contributed by atoms with E-state index in [1.807, 2.05) is 12.3 Å². The molecule has 3 rings (SSSR count). The van der Waals surface area contributed by atoms with E-state index >= 15 is 0 Å². The summed E-state index contributed by atoms with van der Waals surface area (Å²) in [5, 5.41) is 11.3. The van der Waals surface area contributed by atoms with Crippen molar-refractivity contribution in [3.8, 4) is 0 Å². The molecule has 1 atom stereocenters. The zero-order valence-corrected chi connectivity index (χ0v) is 9.24. The molecule has 2 aromatic heterocycles. The first-order chi connectivity index (χ1) is 8.42. The highest BCUT2D eigenvalue weighted by Crippen LogP contribution is 2.12. The van der Waals surface area contributed by atoms with Crippen LogP contribution in [0.15, 0.2) is 23.0 Å². The summed E-state index contributed by atoms with van der Waals surface area (Å²) in [6.07, 6.45) is 3.57. The molecule has 1 saturated heterocycles. The molecule has 7 heteroatoms. The summed E-state index contributed by atoms with van der Waals surface area (Å²) in [5.74, 6) is 1.20. The van der Waals surface area contributed by atoms with Gasteiger partial charge in [0.1, 0.15) is 6.54 Å². The van der Waals surface area contributed by atoms with Gasteiger partial charge in [0, 0.05) is 18.9 Å². The third-order valence-corrected chi connectivity index (χ3v) is 2.57. The Balaban J connectivity index is 1.69. The second kappa shape index (κ2) is 4.64. The molecule has 1 aliphatic heterocycles. The predicted octanol–water partition coefficient (Wildman–Crippen LogP) is -0.0247. The van der Waals surface area contributed by atoms with Crippen molar-refractivity contribution in [2.45, 2.75) is 12.6 Å². The van der Waals surface area contributed by atoms with Gasteiger partial charge in [-0.3, -0.25) is 4.68 Å². The van der Waals surface area contributed by atoms with Gasteiger partial charge in [0.2, 0.25) is 5.89 Å². The van der Waals surface area contributed by atoms with Crippen molar-refractivity contribution in [1.82, 2.24) is 25.2 Å². The Kier molecular flexibility index (Phi) is 2.85. The maximum Gasteiger partial charge on any atom is 0.248 e. The van der Waals surface area contributed by atoms with Crippen LogP contribution in [0.4, 0.5) is 0 Å². The summed E-state index contributed by atoms with van der Waals surface area (Å²) >= 11 is 0. The van der Waals surface area contributed by atoms with Crippen LogP contribution in [0.3, 0.4) is 0 Å². The van der Waals surface area contributed by atoms with Gasteiger partial charge in [-0.25, -0.2) is 0 Å². The highest BCUT2D eigenvalue weighted by atomic mass is 16.5. The quantitative estimate of drug-likeness (QED) is 0.805. The number of rotatable bonds is 3. The number of aromatic nitrogens is 4. The van der Waals surface area contributed by atoms with Gasteiger partial charge in [0.25, 0.3) is 0 Å². The predicted molar refractivity (Wildman–Crippen MR) is 57.2 cm³/mol. The van der Waals surface area contributed by atoms with Crippen LogP contribution in [-0.2, 0) is 11.3 Å². The first-order valence-corrected chi connectivity index (χ1v) is 5.53. The van der Waals surface area contributed by atoms with Crippen molar-refractivity contribution in [3.05, 3.63) is 30.2 Å². The van der Waals surface area contributed by atoms with E-state index in [1.54, 1.807) is 10.9 Å². The average Bonchev–Trinajstić information content (AvgIpc) is 3.02. The first kappa shape index (κ1) is 10.4. The van der Waals surface area contributed by atoms with Crippen molar-refractivity contribution < 1.29 is 9.26 Å². The second-order valence-corrected chi connectivity index (χ2v) is 3.83. The van der Waals surface area contributed by atoms with E-state index in [9.17, 15) is 0 Å². The minimum atomic E-state index is 0.0267. The average molecular weight is 235 g/mol. The van der Waals surface area contributed by atoms with E-state index in [0.29, 0.717) is 24.9 Å². The number of ether oxygens (including phenoxy) is 1. The largest absolute Gasteiger partial charge is 0.378 e. The molecule has 0 aromatic carbocycles. The van der Waals surface area contributed by atoms with Crippen molar-refractivity contribution >= 4 is 0 Å². The van der Waals surface area contributed by atoms with Crippen molar-refractivity contribution in [3.63, 3.8) is 0 Å². The standard InChI is InChI=1S/C10H13N5O2/c1-2-12-15(4-1)6-9-13-10(14-17-9)8-7-16-5-3-11-8/h1-2,4,8,11H,3,5-7H2. The molecule has 3 heterocycles. The lowest BCUT2D eigenvalue weighted by molar-refractivity contribution is 0.0734. The van der Waals surface area contributed by atoms with Gasteiger partial charge >= 0.3 is 0 Å². The fourth-order valence-corrected chi connectivity index (χ4v) is 1.74. The zero-order valence-electron chi connectivity index (χ0n) is 9.24. The summed E-state index contributed by atoms with van der Waals surface area (Å²) in [6, 6.07) is 1.88. The van der Waals surface area contributed by atoms with Gasteiger partial charge in [0.15, 0.2) is 5.82 Å². The van der Waals surface area contributed by atoms with Crippen molar-refractivity contribution in [2.75, 3.05) is 19.8 Å². The maximum atomic E-state index is 5.35. The van der Waals surface area contributed by atoms with E-state index in [-0.39, 0.29) is 6.04 Å². The normalized spacial score (nSPS) is 20.6. The number of nitrogens with zero attached hydrogens (tertiary/aromatic N) is 4. The van der Waals surface area contributed by atoms with E-state index < -0.39 is 0 Å². The molecular weight excluding hydrogens is 222 g/mol. The number of nitrogens with one attached hydrogen (secondary N) is 1. The fraction of sp³-hybridized carbons (Fsp3) is 0.500. The maximum absolute atomic E-state index is 5.35. The fourth-order valence-electron chi connectivity index (χ4n) is 1.74. The summed E-state index contributed by atoms with van der Waals surface area (Å²) in [4.78, 5) is 4.33. The minimum absolute atomic E-state index is 0.0267. The Morgan fingerprint density at radius 2 is 2.53 bits per heavy atom. The van der Waals surface area contributed by atoms with Gasteiger partial charge < -0.3 is 14.6 Å². The molecular formula is C10H13N5O2. The van der Waals surface area contributed by atoms with Gasteiger partial charge in [-0.05, 0) is 6.07 Å². The molecule has 1 unspecified atom stereocenters. The zero-order chi connectivity index (χ0) is 11.5. The van der Waals surface area contributed by atoms with Crippen LogP contribution >= 0.6 is 0 Å². The Hall–Kier alpha value is -1.73. The highest BCUT2D eigenvalue weighted by Gasteiger charge is 2.20. The van der Waals surface area contributed by atoms with Crippen LogP contribution in [0.1, 0.15) is 17.8 Å². The van der Waals surface area contributed by atoms with E-state index in [1.165, 1.54) is 0 Å². The van der Waals surface area contributed by atoms with Crippen molar-refractivity contribution in [1.29, 1.82) is 0 Å². The Labute approximate surface area is 97.8 Å². The molecule has 2 aromatic rings. The summed E-state index contributed by atoms with van der Waals surface area (Å²) in [5.41, 5.74) is 0. The van der Waals surface area contributed by atoms with E-state index in [4.69, 9.17) is 9.26 Å². The molecule has 17 heavy (non-hydrogen) atoms.